The number of amides is 1. The first-order valence-corrected chi connectivity index (χ1v) is 6.70. The van der Waals surface area contributed by atoms with Gasteiger partial charge in [0.25, 0.3) is 0 Å². The highest BCUT2D eigenvalue weighted by atomic mass is 16.5. The molecule has 0 aliphatic carbocycles. The molecule has 1 fully saturated rings. The van der Waals surface area contributed by atoms with Crippen molar-refractivity contribution in [2.75, 3.05) is 19.8 Å². The quantitative estimate of drug-likeness (QED) is 0.623. The second-order valence-corrected chi connectivity index (χ2v) is 5.57. The van der Waals surface area contributed by atoms with Crippen molar-refractivity contribution in [2.45, 2.75) is 45.2 Å². The van der Waals surface area contributed by atoms with Crippen LogP contribution >= 0.6 is 0 Å². The fourth-order valence-electron chi connectivity index (χ4n) is 2.18. The predicted octanol–water partition coefficient (Wildman–Crippen LogP) is 0.371. The van der Waals surface area contributed by atoms with E-state index in [0.717, 1.165) is 6.54 Å². The number of carboxylic acid groups (broad SMARTS) is 1. The van der Waals surface area contributed by atoms with E-state index in [4.69, 9.17) is 9.84 Å². The van der Waals surface area contributed by atoms with Crippen LogP contribution in [0.4, 0.5) is 0 Å². The van der Waals surface area contributed by atoms with Crippen LogP contribution in [-0.2, 0) is 14.3 Å². The Morgan fingerprint density at radius 3 is 2.63 bits per heavy atom. The van der Waals surface area contributed by atoms with E-state index in [1.165, 1.54) is 0 Å². The summed E-state index contributed by atoms with van der Waals surface area (Å²) in [6.07, 6.45) is 0.457. The number of nitrogens with one attached hydrogen (secondary N) is 2. The highest BCUT2D eigenvalue weighted by molar-refractivity contribution is 5.80. The van der Waals surface area contributed by atoms with Gasteiger partial charge in [-0.15, -0.1) is 0 Å². The standard InChI is InChI=1S/C13H24N2O4/c1-4-14-10-8-19-7-9(10)12(18)15-13(2,3)6-5-11(16)17/h9-10,14H,4-8H2,1-3H3,(H,15,18)(H,16,17). The molecule has 0 aromatic carbocycles. The average molecular weight is 272 g/mol. The summed E-state index contributed by atoms with van der Waals surface area (Å²) in [5, 5.41) is 14.8. The van der Waals surface area contributed by atoms with Crippen LogP contribution in [-0.4, -0.2) is 48.3 Å². The summed E-state index contributed by atoms with van der Waals surface area (Å²) in [6.45, 7) is 7.42. The maximum absolute atomic E-state index is 12.2. The van der Waals surface area contributed by atoms with Gasteiger partial charge in [0.2, 0.25) is 5.91 Å². The first-order valence-electron chi connectivity index (χ1n) is 6.70. The summed E-state index contributed by atoms with van der Waals surface area (Å²) in [7, 11) is 0. The number of rotatable bonds is 7. The zero-order valence-electron chi connectivity index (χ0n) is 11.9. The van der Waals surface area contributed by atoms with Gasteiger partial charge in [0.1, 0.15) is 0 Å². The van der Waals surface area contributed by atoms with Gasteiger partial charge in [0.15, 0.2) is 0 Å². The normalized spacial score (nSPS) is 23.3. The molecule has 1 rings (SSSR count). The zero-order valence-corrected chi connectivity index (χ0v) is 11.9. The summed E-state index contributed by atoms with van der Waals surface area (Å²) in [4.78, 5) is 22.8. The molecule has 6 heteroatoms. The second kappa shape index (κ2) is 6.86. The number of carbonyl (C=O) groups is 2. The SMILES string of the molecule is CCNC1COCC1C(=O)NC(C)(C)CCC(=O)O. The lowest BCUT2D eigenvalue weighted by Crippen LogP contribution is -2.51. The van der Waals surface area contributed by atoms with E-state index in [2.05, 4.69) is 10.6 Å². The summed E-state index contributed by atoms with van der Waals surface area (Å²) < 4.78 is 5.34. The van der Waals surface area contributed by atoms with Crippen LogP contribution < -0.4 is 10.6 Å². The van der Waals surface area contributed by atoms with Gasteiger partial charge in [0, 0.05) is 18.0 Å². The Hall–Kier alpha value is -1.14. The van der Waals surface area contributed by atoms with Gasteiger partial charge in [-0.3, -0.25) is 9.59 Å². The lowest BCUT2D eigenvalue weighted by molar-refractivity contribution is -0.138. The van der Waals surface area contributed by atoms with Crippen LogP contribution in [0.5, 0.6) is 0 Å². The Morgan fingerprint density at radius 1 is 1.37 bits per heavy atom. The fourth-order valence-corrected chi connectivity index (χ4v) is 2.18. The zero-order chi connectivity index (χ0) is 14.5. The van der Waals surface area contributed by atoms with Gasteiger partial charge in [-0.2, -0.15) is 0 Å². The number of likely N-dealkylation sites (N-methyl/N-ethyl adjacent to an activating group) is 1. The molecule has 6 nitrogen and oxygen atoms in total. The number of carboxylic acids is 1. The number of ether oxygens (including phenoxy) is 1. The van der Waals surface area contributed by atoms with Crippen LogP contribution in [0.1, 0.15) is 33.6 Å². The summed E-state index contributed by atoms with van der Waals surface area (Å²) >= 11 is 0. The van der Waals surface area contributed by atoms with Crippen molar-refractivity contribution in [3.63, 3.8) is 0 Å². The molecule has 0 saturated carbocycles. The van der Waals surface area contributed by atoms with Crippen LogP contribution in [0.25, 0.3) is 0 Å². The number of hydrogen-bond acceptors (Lipinski definition) is 4. The van der Waals surface area contributed by atoms with E-state index in [-0.39, 0.29) is 24.3 Å². The molecule has 0 radical (unpaired) electrons. The Labute approximate surface area is 113 Å². The molecule has 1 aliphatic heterocycles. The lowest BCUT2D eigenvalue weighted by Gasteiger charge is -2.28. The first-order chi connectivity index (χ1) is 8.85. The molecule has 2 unspecified atom stereocenters. The van der Waals surface area contributed by atoms with Crippen molar-refractivity contribution in [3.05, 3.63) is 0 Å². The minimum Gasteiger partial charge on any atom is -0.481 e. The predicted molar refractivity (Wildman–Crippen MR) is 70.9 cm³/mol. The Kier molecular flexibility index (Phi) is 5.75. The molecule has 110 valence electrons. The van der Waals surface area contributed by atoms with Crippen molar-refractivity contribution < 1.29 is 19.4 Å². The molecular weight excluding hydrogens is 248 g/mol. The third kappa shape index (κ3) is 5.16. The van der Waals surface area contributed by atoms with Crippen molar-refractivity contribution in [1.29, 1.82) is 0 Å². The Bertz CT molecular complexity index is 331. The highest BCUT2D eigenvalue weighted by Gasteiger charge is 2.35. The van der Waals surface area contributed by atoms with Crippen LogP contribution in [0.2, 0.25) is 0 Å². The molecule has 0 aromatic rings. The molecular formula is C13H24N2O4. The number of carbonyl (C=O) groups excluding carboxylic acids is 1. The molecule has 1 aliphatic rings. The van der Waals surface area contributed by atoms with E-state index in [1.807, 2.05) is 20.8 Å². The van der Waals surface area contributed by atoms with E-state index < -0.39 is 11.5 Å². The molecule has 2 atom stereocenters. The topological polar surface area (TPSA) is 87.7 Å². The maximum Gasteiger partial charge on any atom is 0.303 e. The van der Waals surface area contributed by atoms with E-state index in [9.17, 15) is 9.59 Å². The lowest BCUT2D eigenvalue weighted by atomic mass is 9.95. The van der Waals surface area contributed by atoms with Crippen LogP contribution in [0.15, 0.2) is 0 Å². The minimum atomic E-state index is -0.850. The summed E-state index contributed by atoms with van der Waals surface area (Å²) in [6, 6.07) is 0.0419. The van der Waals surface area contributed by atoms with Gasteiger partial charge < -0.3 is 20.5 Å². The third-order valence-corrected chi connectivity index (χ3v) is 3.31. The molecule has 19 heavy (non-hydrogen) atoms. The molecule has 0 aromatic heterocycles. The van der Waals surface area contributed by atoms with Gasteiger partial charge in [-0.1, -0.05) is 6.92 Å². The summed E-state index contributed by atoms with van der Waals surface area (Å²) in [5.41, 5.74) is -0.519. The molecule has 1 amide bonds. The van der Waals surface area contributed by atoms with Gasteiger partial charge >= 0.3 is 5.97 Å². The number of hydrogen-bond donors (Lipinski definition) is 3. The first kappa shape index (κ1) is 15.9. The smallest absolute Gasteiger partial charge is 0.303 e. The molecule has 0 spiro atoms. The van der Waals surface area contributed by atoms with Crippen molar-refractivity contribution >= 4 is 11.9 Å². The Morgan fingerprint density at radius 2 is 2.05 bits per heavy atom. The van der Waals surface area contributed by atoms with Crippen LogP contribution in [0, 0.1) is 5.92 Å². The molecule has 1 saturated heterocycles. The van der Waals surface area contributed by atoms with Crippen LogP contribution in [0.3, 0.4) is 0 Å². The Balaban J connectivity index is 2.50. The van der Waals surface area contributed by atoms with E-state index >= 15 is 0 Å². The maximum atomic E-state index is 12.2. The highest BCUT2D eigenvalue weighted by Crippen LogP contribution is 2.17. The van der Waals surface area contributed by atoms with Crippen molar-refractivity contribution in [2.24, 2.45) is 5.92 Å². The van der Waals surface area contributed by atoms with E-state index in [0.29, 0.717) is 19.6 Å². The largest absolute Gasteiger partial charge is 0.481 e. The third-order valence-electron chi connectivity index (χ3n) is 3.31. The van der Waals surface area contributed by atoms with E-state index in [1.54, 1.807) is 0 Å². The molecule has 0 bridgehead atoms. The van der Waals surface area contributed by atoms with Crippen molar-refractivity contribution in [1.82, 2.24) is 10.6 Å². The fraction of sp³-hybridized carbons (Fsp3) is 0.846. The molecule has 3 N–H and O–H groups in total. The minimum absolute atomic E-state index is 0.0419. The number of aliphatic carboxylic acids is 1. The molecule has 1 heterocycles. The van der Waals surface area contributed by atoms with Crippen molar-refractivity contribution in [3.8, 4) is 0 Å². The second-order valence-electron chi connectivity index (χ2n) is 5.57. The average Bonchev–Trinajstić information content (AvgIpc) is 2.75. The van der Waals surface area contributed by atoms with Gasteiger partial charge in [-0.05, 0) is 26.8 Å². The van der Waals surface area contributed by atoms with Gasteiger partial charge in [-0.25, -0.2) is 0 Å². The summed E-state index contributed by atoms with van der Waals surface area (Å²) in [5.74, 6) is -1.13. The van der Waals surface area contributed by atoms with Gasteiger partial charge in [0.05, 0.1) is 19.1 Å². The monoisotopic (exact) mass is 272 g/mol.